The van der Waals surface area contributed by atoms with E-state index in [1.165, 1.54) is 23.4 Å². The Hall–Kier alpha value is -1.46. The molecule has 1 aromatic rings. The highest BCUT2D eigenvalue weighted by atomic mass is 19.4. The molecule has 1 saturated carbocycles. The van der Waals surface area contributed by atoms with Crippen molar-refractivity contribution >= 4 is 11.4 Å². The van der Waals surface area contributed by atoms with E-state index in [1.54, 1.807) is 0 Å². The normalized spacial score (nSPS) is 16.2. The Balaban J connectivity index is 2.23. The monoisotopic (exact) mass is 231 g/mol. The third kappa shape index (κ3) is 2.56. The quantitative estimate of drug-likeness (QED) is 0.867. The van der Waals surface area contributed by atoms with Crippen LogP contribution in [0.15, 0.2) is 18.5 Å². The van der Waals surface area contributed by atoms with Crippen LogP contribution in [0, 0.1) is 0 Å². The van der Waals surface area contributed by atoms with Crippen molar-refractivity contribution < 1.29 is 13.2 Å². The molecule has 0 bridgehead atoms. The van der Waals surface area contributed by atoms with Crippen LogP contribution in [0.25, 0.3) is 0 Å². The summed E-state index contributed by atoms with van der Waals surface area (Å²) in [5, 5.41) is 0. The number of rotatable bonds is 3. The van der Waals surface area contributed by atoms with Crippen molar-refractivity contribution in [3.63, 3.8) is 0 Å². The highest BCUT2D eigenvalue weighted by Crippen LogP contribution is 2.36. The number of hydrogen-bond acceptors (Lipinski definition) is 3. The molecule has 1 aliphatic rings. The topological polar surface area (TPSA) is 42.1 Å². The van der Waals surface area contributed by atoms with Crippen molar-refractivity contribution in [3.8, 4) is 0 Å². The molecule has 2 rings (SSSR count). The van der Waals surface area contributed by atoms with E-state index in [1.807, 2.05) is 0 Å². The number of nitrogen functional groups attached to an aromatic ring is 1. The maximum atomic E-state index is 12.4. The molecular formula is C10H12F3N3. The standard InChI is InChI=1S/C10H12F3N3/c11-10(12,13)6-16(7-1-2-7)9-3-4-15-5-8(9)14/h3-5,7H,1-2,6,14H2. The molecule has 2 N–H and O–H groups in total. The van der Waals surface area contributed by atoms with Gasteiger partial charge in [0, 0.05) is 12.2 Å². The average Bonchev–Trinajstić information content (AvgIpc) is 2.97. The van der Waals surface area contributed by atoms with Gasteiger partial charge in [0.05, 0.1) is 17.6 Å². The molecule has 0 aromatic carbocycles. The van der Waals surface area contributed by atoms with Crippen LogP contribution in [-0.4, -0.2) is 23.7 Å². The van der Waals surface area contributed by atoms with Crippen LogP contribution < -0.4 is 10.6 Å². The van der Waals surface area contributed by atoms with Gasteiger partial charge in [-0.25, -0.2) is 0 Å². The minimum atomic E-state index is -4.21. The van der Waals surface area contributed by atoms with E-state index in [4.69, 9.17) is 5.73 Å². The second-order valence-corrected chi connectivity index (χ2v) is 3.91. The molecule has 6 heteroatoms. The van der Waals surface area contributed by atoms with Gasteiger partial charge in [0.25, 0.3) is 0 Å². The maximum absolute atomic E-state index is 12.4. The summed E-state index contributed by atoms with van der Waals surface area (Å²) in [5.74, 6) is 0. The zero-order valence-electron chi connectivity index (χ0n) is 8.54. The first-order chi connectivity index (χ1) is 7.47. The number of nitrogens with zero attached hydrogens (tertiary/aromatic N) is 2. The summed E-state index contributed by atoms with van der Waals surface area (Å²) in [6, 6.07) is 1.49. The summed E-state index contributed by atoms with van der Waals surface area (Å²) in [4.78, 5) is 5.09. The summed E-state index contributed by atoms with van der Waals surface area (Å²) >= 11 is 0. The van der Waals surface area contributed by atoms with Crippen LogP contribution in [0.2, 0.25) is 0 Å². The first kappa shape index (κ1) is 11.0. The zero-order valence-corrected chi connectivity index (χ0v) is 8.54. The zero-order chi connectivity index (χ0) is 11.8. The number of anilines is 2. The lowest BCUT2D eigenvalue weighted by Gasteiger charge is -2.26. The molecule has 0 aliphatic heterocycles. The minimum absolute atomic E-state index is 0.0358. The van der Waals surface area contributed by atoms with Crippen molar-refractivity contribution in [1.82, 2.24) is 4.98 Å². The van der Waals surface area contributed by atoms with Gasteiger partial charge in [-0.1, -0.05) is 0 Å². The molecule has 0 amide bonds. The van der Waals surface area contributed by atoms with E-state index in [0.717, 1.165) is 12.8 Å². The van der Waals surface area contributed by atoms with Crippen LogP contribution in [-0.2, 0) is 0 Å². The predicted molar refractivity (Wildman–Crippen MR) is 55.1 cm³/mol. The molecule has 0 unspecified atom stereocenters. The fourth-order valence-corrected chi connectivity index (χ4v) is 1.65. The Morgan fingerprint density at radius 3 is 2.62 bits per heavy atom. The third-order valence-electron chi connectivity index (χ3n) is 2.47. The molecule has 1 aliphatic carbocycles. The van der Waals surface area contributed by atoms with Crippen LogP contribution in [0.1, 0.15) is 12.8 Å². The van der Waals surface area contributed by atoms with E-state index in [9.17, 15) is 13.2 Å². The number of nitrogens with two attached hydrogens (primary N) is 1. The fourth-order valence-electron chi connectivity index (χ4n) is 1.65. The maximum Gasteiger partial charge on any atom is 0.405 e. The molecule has 0 atom stereocenters. The number of hydrogen-bond donors (Lipinski definition) is 1. The lowest BCUT2D eigenvalue weighted by atomic mass is 10.3. The van der Waals surface area contributed by atoms with E-state index >= 15 is 0 Å². The van der Waals surface area contributed by atoms with Crippen LogP contribution in [0.4, 0.5) is 24.5 Å². The summed E-state index contributed by atoms with van der Waals surface area (Å²) in [6.45, 7) is -0.953. The third-order valence-corrected chi connectivity index (χ3v) is 2.47. The van der Waals surface area contributed by atoms with E-state index < -0.39 is 12.7 Å². The van der Waals surface area contributed by atoms with Crippen LogP contribution >= 0.6 is 0 Å². The highest BCUT2D eigenvalue weighted by Gasteiger charge is 2.38. The average molecular weight is 231 g/mol. The molecule has 16 heavy (non-hydrogen) atoms. The van der Waals surface area contributed by atoms with Crippen molar-refractivity contribution in [1.29, 1.82) is 0 Å². The Kier molecular flexibility index (Phi) is 2.65. The molecule has 0 radical (unpaired) electrons. The van der Waals surface area contributed by atoms with Gasteiger partial charge in [-0.2, -0.15) is 13.2 Å². The first-order valence-electron chi connectivity index (χ1n) is 5.00. The molecule has 3 nitrogen and oxygen atoms in total. The largest absolute Gasteiger partial charge is 0.405 e. The van der Waals surface area contributed by atoms with Gasteiger partial charge in [-0.15, -0.1) is 0 Å². The molecule has 0 spiro atoms. The summed E-state index contributed by atoms with van der Waals surface area (Å²) in [5.41, 5.74) is 6.35. The van der Waals surface area contributed by atoms with Gasteiger partial charge in [0.1, 0.15) is 6.54 Å². The van der Waals surface area contributed by atoms with Crippen LogP contribution in [0.5, 0.6) is 0 Å². The van der Waals surface area contributed by atoms with Gasteiger partial charge in [0.15, 0.2) is 0 Å². The van der Waals surface area contributed by atoms with E-state index in [-0.39, 0.29) is 6.04 Å². The summed E-state index contributed by atoms with van der Waals surface area (Å²) in [6.07, 6.45) is 0.201. The number of aromatic nitrogens is 1. The lowest BCUT2D eigenvalue weighted by Crippen LogP contribution is -2.36. The van der Waals surface area contributed by atoms with Crippen molar-refractivity contribution in [2.24, 2.45) is 0 Å². The van der Waals surface area contributed by atoms with Gasteiger partial charge in [0.2, 0.25) is 0 Å². The van der Waals surface area contributed by atoms with Gasteiger partial charge in [-0.05, 0) is 18.9 Å². The first-order valence-corrected chi connectivity index (χ1v) is 5.00. The van der Waals surface area contributed by atoms with Crippen LogP contribution in [0.3, 0.4) is 0 Å². The fraction of sp³-hybridized carbons (Fsp3) is 0.500. The number of halogens is 3. The minimum Gasteiger partial charge on any atom is -0.396 e. The Labute approximate surface area is 91.1 Å². The predicted octanol–water partition coefficient (Wildman–Crippen LogP) is 2.19. The second kappa shape index (κ2) is 3.84. The van der Waals surface area contributed by atoms with Gasteiger partial charge < -0.3 is 10.6 Å². The molecular weight excluding hydrogens is 219 g/mol. The number of pyridine rings is 1. The second-order valence-electron chi connectivity index (χ2n) is 3.91. The molecule has 1 heterocycles. The molecule has 1 aromatic heterocycles. The van der Waals surface area contributed by atoms with E-state index in [2.05, 4.69) is 4.98 Å². The highest BCUT2D eigenvalue weighted by molar-refractivity contribution is 5.67. The summed E-state index contributed by atoms with van der Waals surface area (Å²) in [7, 11) is 0. The molecule has 0 saturated heterocycles. The van der Waals surface area contributed by atoms with Gasteiger partial charge in [-0.3, -0.25) is 4.98 Å². The van der Waals surface area contributed by atoms with Crippen molar-refractivity contribution in [3.05, 3.63) is 18.5 Å². The lowest BCUT2D eigenvalue weighted by molar-refractivity contribution is -0.119. The Morgan fingerprint density at radius 1 is 1.44 bits per heavy atom. The molecule has 88 valence electrons. The smallest absolute Gasteiger partial charge is 0.396 e. The Morgan fingerprint density at radius 2 is 2.12 bits per heavy atom. The molecule has 1 fully saturated rings. The van der Waals surface area contributed by atoms with Gasteiger partial charge >= 0.3 is 6.18 Å². The van der Waals surface area contributed by atoms with Crippen molar-refractivity contribution in [2.75, 3.05) is 17.2 Å². The number of alkyl halides is 3. The van der Waals surface area contributed by atoms with Crippen molar-refractivity contribution in [2.45, 2.75) is 25.1 Å². The summed E-state index contributed by atoms with van der Waals surface area (Å²) < 4.78 is 37.2. The van der Waals surface area contributed by atoms with E-state index in [0.29, 0.717) is 11.4 Å². The Bertz CT molecular complexity index is 374. The SMILES string of the molecule is Nc1cnccc1N(CC(F)(F)F)C1CC1.